The van der Waals surface area contributed by atoms with Crippen molar-refractivity contribution in [2.24, 2.45) is 5.73 Å². The van der Waals surface area contributed by atoms with E-state index in [0.29, 0.717) is 4.88 Å². The molecule has 0 saturated carbocycles. The van der Waals surface area contributed by atoms with Gasteiger partial charge in [-0.3, -0.25) is 0 Å². The summed E-state index contributed by atoms with van der Waals surface area (Å²) in [5.41, 5.74) is 4.91. The fraction of sp³-hybridized carbons (Fsp3) is 0.231. The Kier molecular flexibility index (Phi) is 4.22. The first-order chi connectivity index (χ1) is 9.20. The van der Waals surface area contributed by atoms with Gasteiger partial charge in [0.25, 0.3) is 0 Å². The van der Waals surface area contributed by atoms with Gasteiger partial charge in [0.15, 0.2) is 0 Å². The molecule has 0 aliphatic carbocycles. The molecule has 1 nitrogen and oxygen atoms in total. The summed E-state index contributed by atoms with van der Waals surface area (Å²) in [5.74, 6) is -1.30. The summed E-state index contributed by atoms with van der Waals surface area (Å²) in [6, 6.07) is 3.95. The van der Waals surface area contributed by atoms with Crippen molar-refractivity contribution in [3.63, 3.8) is 0 Å². The number of thiophene rings is 1. The van der Waals surface area contributed by atoms with Crippen LogP contribution in [0.3, 0.4) is 0 Å². The number of halogens is 5. The van der Waals surface area contributed by atoms with Crippen molar-refractivity contribution in [1.29, 1.82) is 0 Å². The summed E-state index contributed by atoms with van der Waals surface area (Å²) >= 11 is 4.71. The molecule has 2 N–H and O–H groups in total. The Bertz CT molecular complexity index is 636. The minimum atomic E-state index is -4.73. The molecule has 1 atom stereocenters. The van der Waals surface area contributed by atoms with E-state index in [1.807, 2.05) is 13.0 Å². The van der Waals surface area contributed by atoms with E-state index >= 15 is 0 Å². The highest BCUT2D eigenvalue weighted by atomic mass is 79.9. The van der Waals surface area contributed by atoms with Crippen molar-refractivity contribution >= 4 is 27.3 Å². The number of hydrogen-bond acceptors (Lipinski definition) is 2. The highest BCUT2D eigenvalue weighted by Crippen LogP contribution is 2.37. The molecule has 2 aromatic rings. The van der Waals surface area contributed by atoms with Crippen LogP contribution in [0.25, 0.3) is 0 Å². The van der Waals surface area contributed by atoms with Gasteiger partial charge in [-0.1, -0.05) is 6.07 Å². The molecule has 0 bridgehead atoms. The second-order valence-electron chi connectivity index (χ2n) is 4.28. The second-order valence-corrected chi connectivity index (χ2v) is 6.43. The van der Waals surface area contributed by atoms with E-state index in [1.54, 1.807) is 0 Å². The average Bonchev–Trinajstić information content (AvgIpc) is 2.66. The first-order valence-electron chi connectivity index (χ1n) is 5.58. The number of benzene rings is 1. The van der Waals surface area contributed by atoms with Gasteiger partial charge in [0, 0.05) is 14.2 Å². The van der Waals surface area contributed by atoms with Gasteiger partial charge in [-0.15, -0.1) is 11.3 Å². The number of hydrogen-bond donors (Lipinski definition) is 1. The Morgan fingerprint density at radius 3 is 2.40 bits per heavy atom. The van der Waals surface area contributed by atoms with Crippen molar-refractivity contribution in [1.82, 2.24) is 0 Å². The van der Waals surface area contributed by atoms with Crippen molar-refractivity contribution in [3.8, 4) is 0 Å². The largest absolute Gasteiger partial charge is 0.419 e. The van der Waals surface area contributed by atoms with Gasteiger partial charge in [-0.2, -0.15) is 13.2 Å². The van der Waals surface area contributed by atoms with Gasteiger partial charge in [0.05, 0.1) is 11.6 Å². The van der Waals surface area contributed by atoms with Crippen LogP contribution in [0.1, 0.15) is 26.9 Å². The van der Waals surface area contributed by atoms with E-state index in [2.05, 4.69) is 15.9 Å². The zero-order valence-corrected chi connectivity index (χ0v) is 12.7. The molecule has 0 aliphatic rings. The van der Waals surface area contributed by atoms with Crippen molar-refractivity contribution < 1.29 is 17.6 Å². The normalized spacial score (nSPS) is 13.6. The van der Waals surface area contributed by atoms with Crippen LogP contribution in [-0.4, -0.2) is 0 Å². The molecule has 108 valence electrons. The van der Waals surface area contributed by atoms with E-state index in [4.69, 9.17) is 5.73 Å². The van der Waals surface area contributed by atoms with E-state index < -0.39 is 23.6 Å². The molecule has 20 heavy (non-hydrogen) atoms. The molecule has 1 aromatic carbocycles. The number of rotatable bonds is 2. The lowest BCUT2D eigenvalue weighted by molar-refractivity contribution is -0.140. The predicted octanol–water partition coefficient (Wildman–Crippen LogP) is 5.03. The van der Waals surface area contributed by atoms with Crippen LogP contribution in [-0.2, 0) is 6.18 Å². The van der Waals surface area contributed by atoms with Gasteiger partial charge >= 0.3 is 6.18 Å². The second kappa shape index (κ2) is 5.46. The molecular weight excluding hydrogens is 358 g/mol. The quantitative estimate of drug-likeness (QED) is 0.740. The fourth-order valence-corrected chi connectivity index (χ4v) is 3.75. The van der Waals surface area contributed by atoms with Crippen LogP contribution in [0.4, 0.5) is 17.6 Å². The fourth-order valence-electron chi connectivity index (χ4n) is 1.82. The summed E-state index contributed by atoms with van der Waals surface area (Å²) in [6.45, 7) is 1.87. The third-order valence-corrected chi connectivity index (χ3v) is 4.83. The van der Waals surface area contributed by atoms with E-state index in [-0.39, 0.29) is 5.56 Å². The van der Waals surface area contributed by atoms with Crippen LogP contribution in [0.15, 0.2) is 28.7 Å². The average molecular weight is 368 g/mol. The van der Waals surface area contributed by atoms with Crippen LogP contribution in [0, 0.1) is 12.7 Å². The molecule has 1 unspecified atom stereocenters. The molecule has 0 amide bonds. The van der Waals surface area contributed by atoms with Crippen LogP contribution in [0.5, 0.6) is 0 Å². The van der Waals surface area contributed by atoms with Crippen LogP contribution >= 0.6 is 27.3 Å². The maximum absolute atomic E-state index is 13.2. The first kappa shape index (κ1) is 15.5. The lowest BCUT2D eigenvalue weighted by Crippen LogP contribution is -2.14. The SMILES string of the molecule is Cc1cc(Br)c(C(N)c2ccc(F)c(C(F)(F)F)c2)s1. The van der Waals surface area contributed by atoms with Crippen LogP contribution in [0.2, 0.25) is 0 Å². The Morgan fingerprint density at radius 1 is 1.25 bits per heavy atom. The van der Waals surface area contributed by atoms with Crippen molar-refractivity contribution in [3.05, 3.63) is 55.4 Å². The smallest absolute Gasteiger partial charge is 0.320 e. The third kappa shape index (κ3) is 3.05. The molecule has 0 saturated heterocycles. The van der Waals surface area contributed by atoms with E-state index in [9.17, 15) is 17.6 Å². The maximum atomic E-state index is 13.2. The highest BCUT2D eigenvalue weighted by Gasteiger charge is 2.34. The van der Waals surface area contributed by atoms with Gasteiger partial charge < -0.3 is 5.73 Å². The summed E-state index contributed by atoms with van der Waals surface area (Å²) in [6.07, 6.45) is -4.73. The third-order valence-electron chi connectivity index (χ3n) is 2.77. The maximum Gasteiger partial charge on any atom is 0.419 e. The van der Waals surface area contributed by atoms with E-state index in [0.717, 1.165) is 21.5 Å². The molecule has 1 heterocycles. The summed E-state index contributed by atoms with van der Waals surface area (Å²) in [5, 5.41) is 0. The summed E-state index contributed by atoms with van der Waals surface area (Å²) in [7, 11) is 0. The lowest BCUT2D eigenvalue weighted by atomic mass is 10.0. The zero-order chi connectivity index (χ0) is 15.1. The molecule has 2 rings (SSSR count). The van der Waals surface area contributed by atoms with Crippen LogP contribution < -0.4 is 5.73 Å². The number of alkyl halides is 3. The molecule has 7 heteroatoms. The zero-order valence-electron chi connectivity index (χ0n) is 10.3. The summed E-state index contributed by atoms with van der Waals surface area (Å²) in [4.78, 5) is 1.70. The van der Waals surface area contributed by atoms with Crippen molar-refractivity contribution in [2.45, 2.75) is 19.1 Å². The number of aryl methyl sites for hydroxylation is 1. The first-order valence-corrected chi connectivity index (χ1v) is 7.19. The molecule has 1 aromatic heterocycles. The van der Waals surface area contributed by atoms with Gasteiger partial charge in [-0.25, -0.2) is 4.39 Å². The van der Waals surface area contributed by atoms with E-state index in [1.165, 1.54) is 17.4 Å². The topological polar surface area (TPSA) is 26.0 Å². The Hall–Kier alpha value is -0.920. The molecule has 0 aliphatic heterocycles. The Labute approximate surface area is 125 Å². The Morgan fingerprint density at radius 2 is 1.90 bits per heavy atom. The van der Waals surface area contributed by atoms with Gasteiger partial charge in [0.2, 0.25) is 0 Å². The number of nitrogens with two attached hydrogens (primary N) is 1. The molecule has 0 spiro atoms. The molecule has 0 fully saturated rings. The van der Waals surface area contributed by atoms with Gasteiger partial charge in [-0.05, 0) is 46.6 Å². The molecule has 0 radical (unpaired) electrons. The monoisotopic (exact) mass is 367 g/mol. The standard InChI is InChI=1S/C13H10BrF4NS/c1-6-4-9(14)12(20-6)11(19)7-2-3-10(15)8(5-7)13(16,17)18/h2-5,11H,19H2,1H3. The van der Waals surface area contributed by atoms with Crippen molar-refractivity contribution in [2.75, 3.05) is 0 Å². The Balaban J connectivity index is 2.46. The van der Waals surface area contributed by atoms with Gasteiger partial charge in [0.1, 0.15) is 5.82 Å². The minimum Gasteiger partial charge on any atom is -0.320 e. The predicted molar refractivity (Wildman–Crippen MR) is 74.2 cm³/mol. The lowest BCUT2D eigenvalue weighted by Gasteiger charge is -2.14. The minimum absolute atomic E-state index is 0.223. The molecular formula is C13H10BrF4NS. The summed E-state index contributed by atoms with van der Waals surface area (Å²) < 4.78 is 52.1. The highest BCUT2D eigenvalue weighted by molar-refractivity contribution is 9.10.